The van der Waals surface area contributed by atoms with Crippen molar-refractivity contribution < 1.29 is 13.2 Å². The van der Waals surface area contributed by atoms with Crippen LogP contribution < -0.4 is 9.46 Å². The minimum absolute atomic E-state index is 0.189. The van der Waals surface area contributed by atoms with Crippen molar-refractivity contribution in [2.75, 3.05) is 19.4 Å². The third kappa shape index (κ3) is 4.66. The first-order chi connectivity index (χ1) is 8.48. The summed E-state index contributed by atoms with van der Waals surface area (Å²) in [7, 11) is -1.46. The summed E-state index contributed by atoms with van der Waals surface area (Å²) in [6.45, 7) is 4.27. The molecule has 0 unspecified atom stereocenters. The summed E-state index contributed by atoms with van der Waals surface area (Å²) in [5, 5.41) is 0. The summed E-state index contributed by atoms with van der Waals surface area (Å²) in [4.78, 5) is 0. The second-order valence-corrected chi connectivity index (χ2v) is 6.19. The number of aryl methyl sites for hydroxylation is 1. The molecular weight excluding hydrogens is 250 g/mol. The van der Waals surface area contributed by atoms with E-state index in [-0.39, 0.29) is 5.75 Å². The molecule has 1 rings (SSSR count). The van der Waals surface area contributed by atoms with Gasteiger partial charge in [-0.2, -0.15) is 0 Å². The van der Waals surface area contributed by atoms with E-state index in [4.69, 9.17) is 4.74 Å². The van der Waals surface area contributed by atoms with Gasteiger partial charge < -0.3 is 4.74 Å². The maximum absolute atomic E-state index is 11.5. The fourth-order valence-corrected chi connectivity index (χ4v) is 2.88. The summed E-state index contributed by atoms with van der Waals surface area (Å²) in [5.41, 5.74) is 2.17. The number of rotatable bonds is 7. The van der Waals surface area contributed by atoms with Crippen molar-refractivity contribution in [3.8, 4) is 5.75 Å². The van der Waals surface area contributed by atoms with Crippen LogP contribution in [0, 0.1) is 6.92 Å². The topological polar surface area (TPSA) is 55.4 Å². The zero-order valence-corrected chi connectivity index (χ0v) is 12.0. The van der Waals surface area contributed by atoms with Gasteiger partial charge in [0.2, 0.25) is 10.0 Å². The molecule has 0 aliphatic rings. The fourth-order valence-electron chi connectivity index (χ4n) is 1.79. The molecule has 0 radical (unpaired) electrons. The molecule has 18 heavy (non-hydrogen) atoms. The molecule has 0 bridgehead atoms. The summed E-state index contributed by atoms with van der Waals surface area (Å²) in [6.07, 6.45) is 1.32. The first kappa shape index (κ1) is 15.0. The van der Waals surface area contributed by atoms with E-state index in [0.29, 0.717) is 19.4 Å². The molecule has 0 heterocycles. The second kappa shape index (κ2) is 6.75. The lowest BCUT2D eigenvalue weighted by Gasteiger charge is -2.08. The maximum Gasteiger partial charge on any atom is 0.211 e. The number of hydrogen-bond acceptors (Lipinski definition) is 3. The number of methoxy groups -OCH3 is 1. The highest BCUT2D eigenvalue weighted by molar-refractivity contribution is 7.89. The molecule has 0 spiro atoms. The summed E-state index contributed by atoms with van der Waals surface area (Å²) < 4.78 is 30.7. The maximum atomic E-state index is 11.5. The number of benzene rings is 1. The molecule has 0 atom stereocenters. The Morgan fingerprint density at radius 3 is 2.61 bits per heavy atom. The van der Waals surface area contributed by atoms with Crippen LogP contribution in [0.5, 0.6) is 5.75 Å². The van der Waals surface area contributed by atoms with Crippen LogP contribution in [0.4, 0.5) is 0 Å². The summed E-state index contributed by atoms with van der Waals surface area (Å²) in [6, 6.07) is 5.89. The largest absolute Gasteiger partial charge is 0.496 e. The van der Waals surface area contributed by atoms with Crippen molar-refractivity contribution in [3.05, 3.63) is 29.3 Å². The molecule has 4 nitrogen and oxygen atoms in total. The van der Waals surface area contributed by atoms with Crippen molar-refractivity contribution in [1.82, 2.24) is 4.72 Å². The first-order valence-corrected chi connectivity index (χ1v) is 7.74. The monoisotopic (exact) mass is 271 g/mol. The van der Waals surface area contributed by atoms with Crippen LogP contribution in [0.15, 0.2) is 18.2 Å². The Labute approximate surface area is 109 Å². The normalized spacial score (nSPS) is 11.5. The fraction of sp³-hybridized carbons (Fsp3) is 0.538. The molecule has 0 fully saturated rings. The van der Waals surface area contributed by atoms with E-state index in [1.165, 1.54) is 0 Å². The first-order valence-electron chi connectivity index (χ1n) is 6.09. The zero-order chi connectivity index (χ0) is 13.6. The third-order valence-electron chi connectivity index (χ3n) is 2.67. The molecule has 0 aromatic heterocycles. The van der Waals surface area contributed by atoms with E-state index in [2.05, 4.69) is 4.72 Å². The van der Waals surface area contributed by atoms with Crippen LogP contribution in [0.3, 0.4) is 0 Å². The van der Waals surface area contributed by atoms with Crippen molar-refractivity contribution in [3.63, 3.8) is 0 Å². The SMILES string of the molecule is CCCS(=O)(=O)NCCc1ccc(OC)c(C)c1. The minimum atomic E-state index is -3.10. The van der Waals surface area contributed by atoms with E-state index < -0.39 is 10.0 Å². The Kier molecular flexibility index (Phi) is 5.62. The van der Waals surface area contributed by atoms with Crippen molar-refractivity contribution in [2.45, 2.75) is 26.7 Å². The third-order valence-corrected chi connectivity index (χ3v) is 4.26. The highest BCUT2D eigenvalue weighted by Crippen LogP contribution is 2.18. The van der Waals surface area contributed by atoms with Crippen LogP contribution in [-0.4, -0.2) is 27.8 Å². The molecule has 0 saturated carbocycles. The molecule has 0 aliphatic heterocycles. The van der Waals surface area contributed by atoms with E-state index in [9.17, 15) is 8.42 Å². The molecule has 0 amide bonds. The Hall–Kier alpha value is -1.07. The second-order valence-electron chi connectivity index (χ2n) is 4.27. The quantitative estimate of drug-likeness (QED) is 0.823. The van der Waals surface area contributed by atoms with Crippen molar-refractivity contribution in [1.29, 1.82) is 0 Å². The highest BCUT2D eigenvalue weighted by atomic mass is 32.2. The van der Waals surface area contributed by atoms with Crippen LogP contribution in [0.2, 0.25) is 0 Å². The van der Waals surface area contributed by atoms with Gasteiger partial charge >= 0.3 is 0 Å². The molecular formula is C13H21NO3S. The van der Waals surface area contributed by atoms with Gasteiger partial charge in [-0.1, -0.05) is 19.1 Å². The van der Waals surface area contributed by atoms with Crippen LogP contribution in [0.1, 0.15) is 24.5 Å². The van der Waals surface area contributed by atoms with Crippen LogP contribution in [-0.2, 0) is 16.4 Å². The lowest BCUT2D eigenvalue weighted by molar-refractivity contribution is 0.411. The zero-order valence-electron chi connectivity index (χ0n) is 11.2. The van der Waals surface area contributed by atoms with E-state index in [0.717, 1.165) is 16.9 Å². The minimum Gasteiger partial charge on any atom is -0.496 e. The van der Waals surface area contributed by atoms with Gasteiger partial charge in [0.15, 0.2) is 0 Å². The number of ether oxygens (including phenoxy) is 1. The van der Waals surface area contributed by atoms with Crippen LogP contribution >= 0.6 is 0 Å². The molecule has 0 saturated heterocycles. The highest BCUT2D eigenvalue weighted by Gasteiger charge is 2.07. The average molecular weight is 271 g/mol. The lowest BCUT2D eigenvalue weighted by atomic mass is 10.1. The Balaban J connectivity index is 2.52. The number of sulfonamides is 1. The summed E-state index contributed by atoms with van der Waals surface area (Å²) in [5.74, 6) is 1.04. The van der Waals surface area contributed by atoms with Crippen molar-refractivity contribution >= 4 is 10.0 Å². The molecule has 1 aromatic carbocycles. The number of nitrogens with one attached hydrogen (secondary N) is 1. The molecule has 1 N–H and O–H groups in total. The molecule has 0 aliphatic carbocycles. The van der Waals surface area contributed by atoms with Gasteiger partial charge in [-0.15, -0.1) is 0 Å². The Bertz CT molecular complexity index is 483. The predicted octanol–water partition coefficient (Wildman–Crippen LogP) is 1.88. The molecule has 102 valence electrons. The average Bonchev–Trinajstić information content (AvgIpc) is 2.29. The Morgan fingerprint density at radius 1 is 1.33 bits per heavy atom. The predicted molar refractivity (Wildman–Crippen MR) is 73.5 cm³/mol. The lowest BCUT2D eigenvalue weighted by Crippen LogP contribution is -2.28. The summed E-state index contributed by atoms with van der Waals surface area (Å²) >= 11 is 0. The molecule has 1 aromatic rings. The van der Waals surface area contributed by atoms with Gasteiger partial charge in [-0.3, -0.25) is 0 Å². The number of hydrogen-bond donors (Lipinski definition) is 1. The van der Waals surface area contributed by atoms with E-state index >= 15 is 0 Å². The standard InChI is InChI=1S/C13H21NO3S/c1-4-9-18(15,16)14-8-7-12-5-6-13(17-3)11(2)10-12/h5-6,10,14H,4,7-9H2,1-3H3. The van der Waals surface area contributed by atoms with Gasteiger partial charge in [0, 0.05) is 6.54 Å². The van der Waals surface area contributed by atoms with E-state index in [1.54, 1.807) is 7.11 Å². The van der Waals surface area contributed by atoms with Gasteiger partial charge in [-0.25, -0.2) is 13.1 Å². The van der Waals surface area contributed by atoms with Crippen molar-refractivity contribution in [2.24, 2.45) is 0 Å². The van der Waals surface area contributed by atoms with Gasteiger partial charge in [0.1, 0.15) is 5.75 Å². The van der Waals surface area contributed by atoms with Gasteiger partial charge in [0.25, 0.3) is 0 Å². The van der Waals surface area contributed by atoms with Gasteiger partial charge in [-0.05, 0) is 37.0 Å². The van der Waals surface area contributed by atoms with Crippen LogP contribution in [0.25, 0.3) is 0 Å². The van der Waals surface area contributed by atoms with E-state index in [1.807, 2.05) is 32.0 Å². The molecule has 5 heteroatoms. The smallest absolute Gasteiger partial charge is 0.211 e. The Morgan fingerprint density at radius 2 is 2.06 bits per heavy atom. The van der Waals surface area contributed by atoms with Gasteiger partial charge in [0.05, 0.1) is 12.9 Å².